The monoisotopic (exact) mass is 1220 g/mol. The number of carbonyl (C=O) groups is 10. The predicted molar refractivity (Wildman–Crippen MR) is 298 cm³/mol. The maximum absolute atomic E-state index is 13.6. The molecule has 0 amide bonds. The summed E-state index contributed by atoms with van der Waals surface area (Å²) in [5, 5.41) is 19.4. The number of nitrogens with zero attached hydrogens (tertiary/aromatic N) is 2. The standard InChI is InChI=1S/C60H60N2O22S2/c1-3-48(63)77-27-29-79-52(67)35-73-33-50(65)75-25-23-37-5-17-44(18-6-37)81-56(69)39-9-13-41(14-10-39)58(71)83-46-21-22-47(55-54(46)85-60(86-55)43(31-61)32-62)84-59(72)42-15-11-40(12-16-42)57(70)82-45-19-7-38(8-20-45)24-26-76-51(66)34-74-36-53(68)80-30-28-78-49(64)4-2/h3-8,17-22,39-42H,1-2,9-16,23-30,33-36H2. The Kier molecular flexibility index (Phi) is 26.9. The van der Waals surface area contributed by atoms with Crippen molar-refractivity contribution in [1.82, 2.24) is 0 Å². The summed E-state index contributed by atoms with van der Waals surface area (Å²) in [6, 6.07) is 20.0. The van der Waals surface area contributed by atoms with E-state index in [1.54, 1.807) is 48.5 Å². The molecule has 3 aliphatic rings. The molecule has 1 aliphatic heterocycles. The molecule has 0 radical (unpaired) electrons. The lowest BCUT2D eigenvalue weighted by Crippen LogP contribution is -2.30. The fourth-order valence-corrected chi connectivity index (χ4v) is 11.0. The fraction of sp³-hybridized carbons (Fsp3) is 0.400. The molecule has 24 nitrogen and oxygen atoms in total. The number of allylic oxidation sites excluding steroid dienone is 1. The van der Waals surface area contributed by atoms with Crippen LogP contribution in [0.3, 0.4) is 0 Å². The van der Waals surface area contributed by atoms with Gasteiger partial charge in [0.2, 0.25) is 0 Å². The first-order chi connectivity index (χ1) is 41.5. The van der Waals surface area contributed by atoms with E-state index in [1.807, 2.05) is 12.1 Å². The van der Waals surface area contributed by atoms with E-state index in [4.69, 9.17) is 47.4 Å². The molecule has 86 heavy (non-hydrogen) atoms. The zero-order valence-electron chi connectivity index (χ0n) is 46.5. The molecule has 0 unspecified atom stereocenters. The molecule has 0 aromatic heterocycles. The normalized spacial score (nSPS) is 16.6. The van der Waals surface area contributed by atoms with Gasteiger partial charge in [0.05, 0.1) is 50.9 Å². The predicted octanol–water partition coefficient (Wildman–Crippen LogP) is 6.53. The smallest absolute Gasteiger partial charge is 0.332 e. The summed E-state index contributed by atoms with van der Waals surface area (Å²) in [6.07, 6.45) is 5.38. The molecule has 0 atom stereocenters. The van der Waals surface area contributed by atoms with E-state index in [2.05, 4.69) is 22.6 Å². The van der Waals surface area contributed by atoms with Gasteiger partial charge >= 0.3 is 59.7 Å². The molecule has 0 saturated heterocycles. The van der Waals surface area contributed by atoms with Crippen molar-refractivity contribution < 1.29 is 105 Å². The van der Waals surface area contributed by atoms with Gasteiger partial charge in [-0.05, 0) is 98.9 Å². The number of hydrogen-bond donors (Lipinski definition) is 0. The van der Waals surface area contributed by atoms with E-state index in [9.17, 15) is 58.5 Å². The Balaban J connectivity index is 0.888. The minimum absolute atomic E-state index is 0.0184. The molecule has 2 aliphatic carbocycles. The number of thioether (sulfide) groups is 2. The van der Waals surface area contributed by atoms with Gasteiger partial charge in [0.1, 0.15) is 93.6 Å². The van der Waals surface area contributed by atoms with Crippen molar-refractivity contribution in [2.75, 3.05) is 66.1 Å². The highest BCUT2D eigenvalue weighted by molar-refractivity contribution is 8.24. The highest BCUT2D eigenvalue weighted by Crippen LogP contribution is 2.59. The Morgan fingerprint density at radius 2 is 0.733 bits per heavy atom. The second-order valence-corrected chi connectivity index (χ2v) is 21.3. The lowest BCUT2D eigenvalue weighted by molar-refractivity contribution is -0.158. The number of nitriles is 2. The summed E-state index contributed by atoms with van der Waals surface area (Å²) in [4.78, 5) is 124. The third kappa shape index (κ3) is 21.7. The molecule has 2 saturated carbocycles. The largest absolute Gasteiger partial charge is 0.464 e. The summed E-state index contributed by atoms with van der Waals surface area (Å²) < 4.78 is 62.8. The second-order valence-electron chi connectivity index (χ2n) is 19.0. The number of rotatable bonds is 30. The lowest BCUT2D eigenvalue weighted by atomic mass is 9.82. The van der Waals surface area contributed by atoms with Gasteiger partial charge in [-0.25, -0.2) is 28.8 Å². The number of fused-ring (bicyclic) bond motifs is 1. The SMILES string of the molecule is C=CC(=O)OCCOC(=O)COCC(=O)OCCc1ccc(OC(=O)C2CCC(C(=O)Oc3ccc(OC(=O)C4CCC(C(=O)Oc5ccc(CCOC(=O)COCC(=O)OCCOC(=O)C=C)cc5)CC4)c4c3SC(=C(C#N)C#N)S4)CC2)cc1. The molecule has 2 fully saturated rings. The molecule has 3 aromatic carbocycles. The average Bonchev–Trinajstić information content (AvgIpc) is 2.33. The second kappa shape index (κ2) is 34.8. The van der Waals surface area contributed by atoms with Crippen molar-refractivity contribution in [3.63, 3.8) is 0 Å². The Morgan fingerprint density at radius 1 is 0.430 bits per heavy atom. The third-order valence-corrected chi connectivity index (χ3v) is 15.7. The first-order valence-corrected chi connectivity index (χ1v) is 28.7. The maximum atomic E-state index is 13.6. The van der Waals surface area contributed by atoms with Crippen LogP contribution in [-0.2, 0) is 98.7 Å². The van der Waals surface area contributed by atoms with Crippen LogP contribution in [0.15, 0.2) is 106 Å². The molecule has 0 bridgehead atoms. The van der Waals surface area contributed by atoms with Crippen LogP contribution in [0.1, 0.15) is 62.5 Å². The molecule has 1 heterocycles. The van der Waals surface area contributed by atoms with Crippen LogP contribution in [0.2, 0.25) is 0 Å². The zero-order chi connectivity index (χ0) is 61.8. The van der Waals surface area contributed by atoms with Crippen LogP contribution in [-0.4, -0.2) is 126 Å². The number of benzene rings is 3. The Hall–Kier alpha value is -8.82. The summed E-state index contributed by atoms with van der Waals surface area (Å²) in [5.41, 5.74) is 1.40. The minimum Gasteiger partial charge on any atom is -0.464 e. The highest BCUT2D eigenvalue weighted by atomic mass is 32.2. The van der Waals surface area contributed by atoms with E-state index < -0.39 is 110 Å². The third-order valence-electron chi connectivity index (χ3n) is 13.1. The lowest BCUT2D eigenvalue weighted by Gasteiger charge is -2.26. The van der Waals surface area contributed by atoms with E-state index in [0.717, 1.165) is 46.8 Å². The summed E-state index contributed by atoms with van der Waals surface area (Å²) in [7, 11) is 0. The van der Waals surface area contributed by atoms with Gasteiger partial charge in [-0.1, -0.05) is 60.9 Å². The van der Waals surface area contributed by atoms with E-state index >= 15 is 0 Å². The molecule has 0 N–H and O–H groups in total. The van der Waals surface area contributed by atoms with Crippen LogP contribution in [0.4, 0.5) is 0 Å². The van der Waals surface area contributed by atoms with Gasteiger partial charge in [0, 0.05) is 25.0 Å². The number of carbonyl (C=O) groups excluding carboxylic acids is 10. The first-order valence-electron chi connectivity index (χ1n) is 27.0. The van der Waals surface area contributed by atoms with Crippen LogP contribution in [0.5, 0.6) is 23.0 Å². The average molecular weight is 1230 g/mol. The van der Waals surface area contributed by atoms with Gasteiger partial charge in [-0.3, -0.25) is 19.2 Å². The maximum Gasteiger partial charge on any atom is 0.332 e. The number of hydrogen-bond acceptors (Lipinski definition) is 26. The summed E-state index contributed by atoms with van der Waals surface area (Å²) in [6.45, 7) is 3.88. The molecule has 0 spiro atoms. The van der Waals surface area contributed by atoms with Crippen molar-refractivity contribution in [3.05, 3.63) is 107 Å². The Morgan fingerprint density at radius 3 is 1.05 bits per heavy atom. The van der Waals surface area contributed by atoms with Gasteiger partial charge < -0.3 is 56.8 Å². The molecule has 26 heteroatoms. The van der Waals surface area contributed by atoms with Gasteiger partial charge in [0.15, 0.2) is 0 Å². The van der Waals surface area contributed by atoms with Crippen LogP contribution >= 0.6 is 23.5 Å². The van der Waals surface area contributed by atoms with Crippen molar-refractivity contribution in [1.29, 1.82) is 10.5 Å². The Bertz CT molecular complexity index is 2890. The van der Waals surface area contributed by atoms with Crippen LogP contribution in [0.25, 0.3) is 0 Å². The molecular formula is C60H60N2O22S2. The van der Waals surface area contributed by atoms with E-state index in [1.165, 1.54) is 12.1 Å². The topological polar surface area (TPSA) is 329 Å². The van der Waals surface area contributed by atoms with Crippen molar-refractivity contribution in [3.8, 4) is 35.1 Å². The summed E-state index contributed by atoms with van der Waals surface area (Å²) in [5.74, 6) is -7.38. The van der Waals surface area contributed by atoms with Gasteiger partial charge in [-0.2, -0.15) is 10.5 Å². The van der Waals surface area contributed by atoms with Crippen LogP contribution < -0.4 is 18.9 Å². The minimum atomic E-state index is -0.755. The fourth-order valence-electron chi connectivity index (χ4n) is 8.55. The molecular weight excluding hydrogens is 1160 g/mol. The van der Waals surface area contributed by atoms with Crippen molar-refractivity contribution in [2.45, 2.75) is 74.0 Å². The van der Waals surface area contributed by atoms with Gasteiger partial charge in [-0.15, -0.1) is 0 Å². The highest BCUT2D eigenvalue weighted by Gasteiger charge is 2.37. The summed E-state index contributed by atoms with van der Waals surface area (Å²) >= 11 is 2.08. The van der Waals surface area contributed by atoms with Crippen LogP contribution in [0, 0.1) is 46.3 Å². The number of ether oxygens (including phenoxy) is 12. The van der Waals surface area contributed by atoms with Crippen molar-refractivity contribution >= 4 is 83.2 Å². The first kappa shape index (κ1) is 66.3. The van der Waals surface area contributed by atoms with Crippen molar-refractivity contribution in [2.24, 2.45) is 23.7 Å². The zero-order valence-corrected chi connectivity index (χ0v) is 48.1. The molecule has 6 rings (SSSR count). The van der Waals surface area contributed by atoms with E-state index in [0.29, 0.717) is 89.7 Å². The quantitative estimate of drug-likeness (QED) is 0.0171. The van der Waals surface area contributed by atoms with E-state index in [-0.39, 0.29) is 56.7 Å². The number of esters is 10. The molecule has 454 valence electrons. The van der Waals surface area contributed by atoms with Gasteiger partial charge in [0.25, 0.3) is 0 Å². The Labute approximate surface area is 502 Å². The molecule has 3 aromatic rings.